The zero-order valence-corrected chi connectivity index (χ0v) is 22.8. The Hall–Kier alpha value is -3.65. The van der Waals surface area contributed by atoms with E-state index in [0.29, 0.717) is 56.3 Å². The van der Waals surface area contributed by atoms with Crippen LogP contribution in [0.3, 0.4) is 0 Å². The number of alkyl halides is 2. The Bertz CT molecular complexity index is 1480. The van der Waals surface area contributed by atoms with Crippen LogP contribution in [0.2, 0.25) is 5.02 Å². The van der Waals surface area contributed by atoms with Crippen molar-refractivity contribution < 1.29 is 27.6 Å². The molecule has 1 N–H and O–H groups in total. The number of hydrogen-bond acceptors (Lipinski definition) is 5. The Morgan fingerprint density at radius 3 is 2.51 bits per heavy atom. The number of halogens is 4. The molecule has 2 aliphatic carbocycles. The predicted molar refractivity (Wildman–Crippen MR) is 142 cm³/mol. The summed E-state index contributed by atoms with van der Waals surface area (Å²) >= 11 is 5.88. The number of nitrogens with zero attached hydrogens (tertiary/aromatic N) is 4. The highest BCUT2D eigenvalue weighted by atomic mass is 35.5. The summed E-state index contributed by atoms with van der Waals surface area (Å²) in [5.41, 5.74) is -1.66. The van der Waals surface area contributed by atoms with Gasteiger partial charge in [0.25, 0.3) is 12.3 Å². The van der Waals surface area contributed by atoms with E-state index in [2.05, 4.69) is 16.4 Å². The number of rotatable bonds is 6. The van der Waals surface area contributed by atoms with Crippen molar-refractivity contribution in [2.24, 2.45) is 11.3 Å². The highest BCUT2D eigenvalue weighted by Crippen LogP contribution is 2.52. The number of amides is 3. The zero-order chi connectivity index (χ0) is 29.1. The van der Waals surface area contributed by atoms with Crippen molar-refractivity contribution in [2.75, 3.05) is 24.5 Å². The van der Waals surface area contributed by atoms with Crippen molar-refractivity contribution in [3.8, 4) is 6.07 Å². The van der Waals surface area contributed by atoms with Gasteiger partial charge in [-0.05, 0) is 74.3 Å². The van der Waals surface area contributed by atoms with Crippen LogP contribution in [0.25, 0.3) is 0 Å². The number of aromatic nitrogens is 1. The van der Waals surface area contributed by atoms with E-state index in [1.54, 1.807) is 11.0 Å². The van der Waals surface area contributed by atoms with Crippen molar-refractivity contribution in [3.05, 3.63) is 58.1 Å². The molecule has 0 bridgehead atoms. The minimum Gasteiger partial charge on any atom is -0.349 e. The maximum absolute atomic E-state index is 14.3. The number of likely N-dealkylation sites (tertiary alicyclic amines) is 1. The van der Waals surface area contributed by atoms with Crippen molar-refractivity contribution in [3.63, 3.8) is 0 Å². The van der Waals surface area contributed by atoms with Gasteiger partial charge in [0.15, 0.2) is 0 Å². The third-order valence-electron chi connectivity index (χ3n) is 8.96. The molecule has 214 valence electrons. The molecule has 0 atom stereocenters. The summed E-state index contributed by atoms with van der Waals surface area (Å²) in [5, 5.41) is 12.3. The average molecular weight is 586 g/mol. The SMILES string of the molecule is N#CC1(C(=O)N2CC3(C2)C(=O)N(CC2CCC(NC(=O)c4cc(Cl)cnc4C(F)F)CC2)c2ccc(F)cc23)CC1. The van der Waals surface area contributed by atoms with Gasteiger partial charge in [-0.3, -0.25) is 19.4 Å². The molecule has 8 nitrogen and oxygen atoms in total. The molecule has 2 aromatic rings. The smallest absolute Gasteiger partial charge is 0.281 e. The molecule has 3 fully saturated rings. The summed E-state index contributed by atoms with van der Waals surface area (Å²) in [4.78, 5) is 46.2. The second-order valence-electron chi connectivity index (χ2n) is 11.6. The lowest BCUT2D eigenvalue weighted by Crippen LogP contribution is -2.66. The molecule has 0 radical (unpaired) electrons. The molecule has 3 heterocycles. The summed E-state index contributed by atoms with van der Waals surface area (Å²) in [5.74, 6) is -1.44. The van der Waals surface area contributed by atoms with Crippen LogP contribution in [0.4, 0.5) is 18.9 Å². The van der Waals surface area contributed by atoms with E-state index >= 15 is 0 Å². The van der Waals surface area contributed by atoms with Gasteiger partial charge in [-0.15, -0.1) is 0 Å². The van der Waals surface area contributed by atoms with Gasteiger partial charge in [-0.25, -0.2) is 13.2 Å². The summed E-state index contributed by atoms with van der Waals surface area (Å²) < 4.78 is 41.0. The van der Waals surface area contributed by atoms with Crippen LogP contribution >= 0.6 is 11.6 Å². The molecule has 1 aromatic heterocycles. The van der Waals surface area contributed by atoms with Crippen LogP contribution in [-0.4, -0.2) is 53.3 Å². The third-order valence-corrected chi connectivity index (χ3v) is 9.17. The van der Waals surface area contributed by atoms with Crippen LogP contribution in [0.15, 0.2) is 30.5 Å². The molecule has 1 spiro atoms. The average Bonchev–Trinajstić information content (AvgIpc) is 3.69. The van der Waals surface area contributed by atoms with E-state index in [-0.39, 0.29) is 47.4 Å². The van der Waals surface area contributed by atoms with E-state index in [1.165, 1.54) is 23.1 Å². The number of nitriles is 1. The van der Waals surface area contributed by atoms with Crippen LogP contribution in [0.5, 0.6) is 0 Å². The molecule has 3 amide bonds. The summed E-state index contributed by atoms with van der Waals surface area (Å²) in [7, 11) is 0. The fourth-order valence-corrected chi connectivity index (χ4v) is 6.62. The Balaban J connectivity index is 1.11. The first-order valence-electron chi connectivity index (χ1n) is 13.6. The second kappa shape index (κ2) is 10.0. The molecule has 2 aliphatic heterocycles. The maximum Gasteiger partial charge on any atom is 0.281 e. The quantitative estimate of drug-likeness (QED) is 0.536. The summed E-state index contributed by atoms with van der Waals surface area (Å²) in [6.45, 7) is 0.654. The predicted octanol–water partition coefficient (Wildman–Crippen LogP) is 4.53. The minimum absolute atomic E-state index is 0.0903. The van der Waals surface area contributed by atoms with Crippen LogP contribution < -0.4 is 10.2 Å². The molecule has 2 saturated carbocycles. The van der Waals surface area contributed by atoms with Gasteiger partial charge >= 0.3 is 0 Å². The van der Waals surface area contributed by atoms with Crippen molar-refractivity contribution >= 4 is 35.0 Å². The molecule has 0 unspecified atom stereocenters. The van der Waals surface area contributed by atoms with E-state index in [0.717, 1.165) is 6.20 Å². The van der Waals surface area contributed by atoms with Gasteiger partial charge in [0, 0.05) is 37.6 Å². The van der Waals surface area contributed by atoms with Crippen LogP contribution in [-0.2, 0) is 15.0 Å². The first kappa shape index (κ1) is 27.5. The van der Waals surface area contributed by atoms with E-state index < -0.39 is 34.7 Å². The lowest BCUT2D eigenvalue weighted by Gasteiger charge is -2.47. The number of carbonyl (C=O) groups is 3. The first-order valence-corrected chi connectivity index (χ1v) is 14.0. The van der Waals surface area contributed by atoms with Gasteiger partial charge in [0.05, 0.1) is 16.7 Å². The first-order chi connectivity index (χ1) is 19.6. The fourth-order valence-electron chi connectivity index (χ4n) is 6.46. The monoisotopic (exact) mass is 585 g/mol. The minimum atomic E-state index is -2.91. The molecule has 1 saturated heterocycles. The van der Waals surface area contributed by atoms with Crippen molar-refractivity contribution in [1.82, 2.24) is 15.2 Å². The molecule has 12 heteroatoms. The Labute approximate surface area is 239 Å². The lowest BCUT2D eigenvalue weighted by molar-refractivity contribution is -0.147. The van der Waals surface area contributed by atoms with Gasteiger partial charge in [-0.2, -0.15) is 5.26 Å². The highest BCUT2D eigenvalue weighted by Gasteiger charge is 2.63. The van der Waals surface area contributed by atoms with Crippen LogP contribution in [0.1, 0.15) is 66.6 Å². The Morgan fingerprint density at radius 1 is 1.17 bits per heavy atom. The van der Waals surface area contributed by atoms with Gasteiger partial charge in [0.1, 0.15) is 22.3 Å². The molecule has 4 aliphatic rings. The number of nitrogens with one attached hydrogen (secondary N) is 1. The number of fused-ring (bicyclic) bond motifs is 2. The highest BCUT2D eigenvalue weighted by molar-refractivity contribution is 6.30. The second-order valence-corrected chi connectivity index (χ2v) is 12.0. The standard InChI is InChI=1S/C29H27ClF3N5O3/c30-17-9-20(23(24(32)33)35-11-17)25(39)36-19-4-1-16(2-5-19)12-38-22-6-3-18(31)10-21(22)29(27(38)41)14-37(15-29)26(40)28(13-34)7-8-28/h3,6,9-11,16,19,24H,1-2,4-5,7-8,12,14-15H2,(H,36,39). The fraction of sp³-hybridized carbons (Fsp3) is 0.483. The Morgan fingerprint density at radius 2 is 1.88 bits per heavy atom. The number of benzene rings is 1. The molecular formula is C29H27ClF3N5O3. The van der Waals surface area contributed by atoms with Gasteiger partial charge < -0.3 is 15.1 Å². The van der Waals surface area contributed by atoms with Crippen LogP contribution in [0, 0.1) is 28.5 Å². The number of anilines is 1. The van der Waals surface area contributed by atoms with Gasteiger partial charge in [0.2, 0.25) is 11.8 Å². The molecule has 1 aromatic carbocycles. The number of hydrogen-bond donors (Lipinski definition) is 1. The molecule has 41 heavy (non-hydrogen) atoms. The Kier molecular flexibility index (Phi) is 6.72. The largest absolute Gasteiger partial charge is 0.349 e. The van der Waals surface area contributed by atoms with Gasteiger partial charge in [-0.1, -0.05) is 11.6 Å². The number of carbonyl (C=O) groups excluding carboxylic acids is 3. The topological polar surface area (TPSA) is 106 Å². The zero-order valence-electron chi connectivity index (χ0n) is 22.0. The summed E-state index contributed by atoms with van der Waals surface area (Å²) in [6.07, 6.45) is 1.76. The maximum atomic E-state index is 14.3. The van der Waals surface area contributed by atoms with E-state index in [9.17, 15) is 32.8 Å². The summed E-state index contributed by atoms with van der Waals surface area (Å²) in [6, 6.07) is 7.35. The number of pyridine rings is 1. The normalized spacial score (nSPS) is 23.7. The van der Waals surface area contributed by atoms with Crippen molar-refractivity contribution in [2.45, 2.75) is 56.4 Å². The molecular weight excluding hydrogens is 559 g/mol. The van der Waals surface area contributed by atoms with E-state index in [1.807, 2.05) is 0 Å². The molecule has 6 rings (SSSR count). The third kappa shape index (κ3) is 4.62. The van der Waals surface area contributed by atoms with E-state index in [4.69, 9.17) is 11.6 Å². The van der Waals surface area contributed by atoms with Crippen molar-refractivity contribution in [1.29, 1.82) is 5.26 Å². The lowest BCUT2D eigenvalue weighted by atomic mass is 9.74.